The van der Waals surface area contributed by atoms with Gasteiger partial charge in [-0.3, -0.25) is 9.59 Å². The summed E-state index contributed by atoms with van der Waals surface area (Å²) in [5, 5.41) is 16.2. The number of nitrogens with zero attached hydrogens (tertiary/aromatic N) is 2. The molecule has 0 saturated carbocycles. The number of nitrogens with one attached hydrogen (secondary N) is 1. The number of amides is 1. The van der Waals surface area contributed by atoms with Gasteiger partial charge in [0.25, 0.3) is 5.91 Å². The molecule has 1 heterocycles. The Morgan fingerprint density at radius 2 is 1.67 bits per heavy atom. The number of carboxylic acid groups (broad SMARTS) is 1. The van der Waals surface area contributed by atoms with Crippen molar-refractivity contribution >= 4 is 11.9 Å². The number of para-hydroxylation sites is 1. The molecule has 1 aromatic heterocycles. The summed E-state index contributed by atoms with van der Waals surface area (Å²) < 4.78 is 1.76. The van der Waals surface area contributed by atoms with Crippen LogP contribution in [0.15, 0.2) is 60.7 Å². The molecule has 0 fully saturated rings. The van der Waals surface area contributed by atoms with Crippen LogP contribution in [0.2, 0.25) is 0 Å². The van der Waals surface area contributed by atoms with Crippen LogP contribution in [0.1, 0.15) is 28.9 Å². The Morgan fingerprint density at radius 1 is 1.04 bits per heavy atom. The molecule has 3 rings (SSSR count). The first kappa shape index (κ1) is 18.4. The lowest BCUT2D eigenvalue weighted by Gasteiger charge is -2.07. The van der Waals surface area contributed by atoms with Gasteiger partial charge >= 0.3 is 5.97 Å². The standard InChI is InChI=1S/C21H21N3O3/c1-15-19(21(27)22-14-8-13-18(25)26)20(16-9-4-2-5-10-16)23-24(15)17-11-6-3-7-12-17/h2-7,9-12H,8,13-14H2,1H3,(H,22,27)(H,25,26). The molecule has 0 radical (unpaired) electrons. The lowest BCUT2D eigenvalue weighted by Crippen LogP contribution is -2.26. The van der Waals surface area contributed by atoms with Gasteiger partial charge in [0, 0.05) is 18.5 Å². The molecule has 2 N–H and O–H groups in total. The number of aliphatic carboxylic acids is 1. The van der Waals surface area contributed by atoms with Gasteiger partial charge in [0.2, 0.25) is 0 Å². The number of hydrogen-bond acceptors (Lipinski definition) is 3. The normalized spacial score (nSPS) is 10.6. The highest BCUT2D eigenvalue weighted by atomic mass is 16.4. The molecule has 0 aliphatic rings. The summed E-state index contributed by atoms with van der Waals surface area (Å²) in [7, 11) is 0. The Morgan fingerprint density at radius 3 is 2.30 bits per heavy atom. The molecule has 0 bridgehead atoms. The molecule has 3 aromatic rings. The van der Waals surface area contributed by atoms with E-state index >= 15 is 0 Å². The van der Waals surface area contributed by atoms with Crippen molar-refractivity contribution in [3.8, 4) is 16.9 Å². The van der Waals surface area contributed by atoms with Crippen molar-refractivity contribution in [3.63, 3.8) is 0 Å². The Balaban J connectivity index is 1.96. The van der Waals surface area contributed by atoms with Crippen molar-refractivity contribution in [1.29, 1.82) is 0 Å². The topological polar surface area (TPSA) is 84.2 Å². The van der Waals surface area contributed by atoms with Crippen LogP contribution in [0.3, 0.4) is 0 Å². The van der Waals surface area contributed by atoms with Crippen molar-refractivity contribution in [2.45, 2.75) is 19.8 Å². The molecule has 0 aliphatic carbocycles. The minimum absolute atomic E-state index is 0.0219. The average Bonchev–Trinajstić information content (AvgIpc) is 3.03. The second-order valence-corrected chi connectivity index (χ2v) is 6.18. The molecule has 138 valence electrons. The maximum atomic E-state index is 12.8. The van der Waals surface area contributed by atoms with Crippen LogP contribution < -0.4 is 5.32 Å². The molecule has 0 saturated heterocycles. The molecule has 0 aliphatic heterocycles. The molecule has 0 unspecified atom stereocenters. The van der Waals surface area contributed by atoms with E-state index in [1.54, 1.807) is 4.68 Å². The fourth-order valence-electron chi connectivity index (χ4n) is 2.92. The first-order valence-electron chi connectivity index (χ1n) is 8.78. The van der Waals surface area contributed by atoms with Gasteiger partial charge in [-0.05, 0) is 25.5 Å². The number of carbonyl (C=O) groups excluding carboxylic acids is 1. The number of rotatable bonds is 7. The minimum Gasteiger partial charge on any atom is -0.481 e. The van der Waals surface area contributed by atoms with E-state index < -0.39 is 5.97 Å². The maximum absolute atomic E-state index is 12.8. The first-order chi connectivity index (χ1) is 13.1. The van der Waals surface area contributed by atoms with Gasteiger partial charge in [-0.15, -0.1) is 0 Å². The van der Waals surface area contributed by atoms with E-state index in [9.17, 15) is 9.59 Å². The average molecular weight is 363 g/mol. The molecule has 27 heavy (non-hydrogen) atoms. The van der Waals surface area contributed by atoms with E-state index in [4.69, 9.17) is 5.11 Å². The zero-order chi connectivity index (χ0) is 19.2. The van der Waals surface area contributed by atoms with Crippen LogP contribution in [0.5, 0.6) is 0 Å². The summed E-state index contributed by atoms with van der Waals surface area (Å²) in [6.07, 6.45) is 0.404. The van der Waals surface area contributed by atoms with E-state index in [1.165, 1.54) is 0 Å². The van der Waals surface area contributed by atoms with Crippen LogP contribution in [0.4, 0.5) is 0 Å². The monoisotopic (exact) mass is 363 g/mol. The van der Waals surface area contributed by atoms with Crippen LogP contribution in [-0.4, -0.2) is 33.3 Å². The van der Waals surface area contributed by atoms with Crippen LogP contribution in [-0.2, 0) is 4.79 Å². The summed E-state index contributed by atoms with van der Waals surface area (Å²) in [5.74, 6) is -1.12. The van der Waals surface area contributed by atoms with Gasteiger partial charge < -0.3 is 10.4 Å². The quantitative estimate of drug-likeness (QED) is 0.630. The van der Waals surface area contributed by atoms with Crippen molar-refractivity contribution < 1.29 is 14.7 Å². The van der Waals surface area contributed by atoms with Gasteiger partial charge in [-0.25, -0.2) is 4.68 Å². The lowest BCUT2D eigenvalue weighted by atomic mass is 10.1. The molecular formula is C21H21N3O3. The summed E-state index contributed by atoms with van der Waals surface area (Å²) in [4.78, 5) is 23.5. The number of carbonyl (C=O) groups is 2. The molecule has 6 heteroatoms. The molecule has 2 aromatic carbocycles. The predicted octanol–water partition coefficient (Wildman–Crippen LogP) is 3.44. The van der Waals surface area contributed by atoms with E-state index in [1.807, 2.05) is 67.6 Å². The van der Waals surface area contributed by atoms with Gasteiger partial charge in [-0.2, -0.15) is 5.10 Å². The molecule has 1 amide bonds. The third-order valence-electron chi connectivity index (χ3n) is 4.24. The van der Waals surface area contributed by atoms with E-state index in [-0.39, 0.29) is 12.3 Å². The van der Waals surface area contributed by atoms with Crippen LogP contribution >= 0.6 is 0 Å². The van der Waals surface area contributed by atoms with Crippen LogP contribution in [0.25, 0.3) is 16.9 Å². The third kappa shape index (κ3) is 4.23. The number of aromatic nitrogens is 2. The summed E-state index contributed by atoms with van der Waals surface area (Å²) in [6.45, 7) is 2.16. The number of hydrogen-bond donors (Lipinski definition) is 2. The van der Waals surface area contributed by atoms with E-state index in [0.29, 0.717) is 24.2 Å². The fraction of sp³-hybridized carbons (Fsp3) is 0.190. The summed E-state index contributed by atoms with van der Waals surface area (Å²) >= 11 is 0. The Bertz CT molecular complexity index is 934. The minimum atomic E-state index is -0.873. The van der Waals surface area contributed by atoms with Gasteiger partial charge in [-0.1, -0.05) is 48.5 Å². The zero-order valence-corrected chi connectivity index (χ0v) is 15.1. The molecule has 6 nitrogen and oxygen atoms in total. The largest absolute Gasteiger partial charge is 0.481 e. The molecule has 0 atom stereocenters. The van der Waals surface area contributed by atoms with Gasteiger partial charge in [0.1, 0.15) is 5.69 Å². The molecule has 0 spiro atoms. The van der Waals surface area contributed by atoms with Crippen molar-refractivity contribution in [2.75, 3.05) is 6.54 Å². The Labute approximate surface area is 157 Å². The second-order valence-electron chi connectivity index (χ2n) is 6.18. The Hall–Kier alpha value is -3.41. The molecular weight excluding hydrogens is 342 g/mol. The lowest BCUT2D eigenvalue weighted by molar-refractivity contribution is -0.137. The summed E-state index contributed by atoms with van der Waals surface area (Å²) in [5.41, 5.74) is 3.56. The number of benzene rings is 2. The first-order valence-corrected chi connectivity index (χ1v) is 8.78. The highest BCUT2D eigenvalue weighted by Gasteiger charge is 2.22. The highest BCUT2D eigenvalue weighted by Crippen LogP contribution is 2.27. The maximum Gasteiger partial charge on any atom is 0.303 e. The Kier molecular flexibility index (Phi) is 5.66. The summed E-state index contributed by atoms with van der Waals surface area (Å²) in [6, 6.07) is 19.2. The van der Waals surface area contributed by atoms with Crippen LogP contribution in [0, 0.1) is 6.92 Å². The SMILES string of the molecule is Cc1c(C(=O)NCCCC(=O)O)c(-c2ccccc2)nn1-c1ccccc1. The predicted molar refractivity (Wildman–Crippen MR) is 103 cm³/mol. The highest BCUT2D eigenvalue weighted by molar-refractivity contribution is 6.01. The smallest absolute Gasteiger partial charge is 0.303 e. The number of carboxylic acids is 1. The fourth-order valence-corrected chi connectivity index (χ4v) is 2.92. The van der Waals surface area contributed by atoms with Crippen molar-refractivity contribution in [2.24, 2.45) is 0 Å². The van der Waals surface area contributed by atoms with Crippen molar-refractivity contribution in [3.05, 3.63) is 71.9 Å². The van der Waals surface area contributed by atoms with Crippen molar-refractivity contribution in [1.82, 2.24) is 15.1 Å². The van der Waals surface area contributed by atoms with Gasteiger partial charge in [0.05, 0.1) is 16.9 Å². The second kappa shape index (κ2) is 8.31. The third-order valence-corrected chi connectivity index (χ3v) is 4.24. The zero-order valence-electron chi connectivity index (χ0n) is 15.1. The van der Waals surface area contributed by atoms with Gasteiger partial charge in [0.15, 0.2) is 0 Å². The van der Waals surface area contributed by atoms with E-state index in [2.05, 4.69) is 10.4 Å². The van der Waals surface area contributed by atoms with E-state index in [0.717, 1.165) is 16.9 Å².